The Morgan fingerprint density at radius 1 is 1.17 bits per heavy atom. The van der Waals surface area contributed by atoms with Crippen molar-refractivity contribution in [2.24, 2.45) is 0 Å². The molecule has 1 aliphatic rings. The fourth-order valence-electron chi connectivity index (χ4n) is 2.74. The maximum Gasteiger partial charge on any atom is 0.307 e. The van der Waals surface area contributed by atoms with Gasteiger partial charge in [0.05, 0.1) is 6.42 Å². The Bertz CT molecular complexity index is 895. The van der Waals surface area contributed by atoms with Gasteiger partial charge in [-0.1, -0.05) is 18.2 Å². The van der Waals surface area contributed by atoms with Gasteiger partial charge >= 0.3 is 5.97 Å². The largest absolute Gasteiger partial charge is 0.481 e. The summed E-state index contributed by atoms with van der Waals surface area (Å²) in [7, 11) is -1.03. The molecular weight excluding hydrogens is 327 g/mol. The molecule has 0 spiro atoms. The molecule has 24 heavy (non-hydrogen) atoms. The van der Waals surface area contributed by atoms with E-state index in [0.717, 1.165) is 21.6 Å². The first-order valence-corrected chi connectivity index (χ1v) is 8.88. The standard InChI is InChI=1S/C19H15FO3S/c1-24(23)16-5-2-12(3-6-16)8-13-9-14(10-19(21)22)18-11-15(20)4-7-17(13)18/h2-9,11H,10H2,1H3,(H,21,22)/b13-8-. The highest BCUT2D eigenvalue weighted by atomic mass is 32.2. The van der Waals surface area contributed by atoms with Crippen LogP contribution in [0.3, 0.4) is 0 Å². The summed E-state index contributed by atoms with van der Waals surface area (Å²) in [6.45, 7) is 0. The minimum Gasteiger partial charge on any atom is -0.481 e. The average molecular weight is 342 g/mol. The summed E-state index contributed by atoms with van der Waals surface area (Å²) in [5.41, 5.74) is 3.77. The third-order valence-electron chi connectivity index (χ3n) is 3.84. The topological polar surface area (TPSA) is 54.4 Å². The predicted molar refractivity (Wildman–Crippen MR) is 93.3 cm³/mol. The first kappa shape index (κ1) is 16.3. The molecule has 0 saturated heterocycles. The molecular formula is C19H15FO3S. The zero-order valence-electron chi connectivity index (χ0n) is 13.0. The van der Waals surface area contributed by atoms with E-state index < -0.39 is 16.8 Å². The van der Waals surface area contributed by atoms with E-state index in [-0.39, 0.29) is 12.2 Å². The maximum atomic E-state index is 13.5. The minimum absolute atomic E-state index is 0.151. The molecule has 0 aliphatic heterocycles. The molecule has 0 bridgehead atoms. The van der Waals surface area contributed by atoms with Gasteiger partial charge in [-0.2, -0.15) is 0 Å². The van der Waals surface area contributed by atoms with Crippen molar-refractivity contribution < 1.29 is 18.5 Å². The van der Waals surface area contributed by atoms with Crippen molar-refractivity contribution in [1.29, 1.82) is 0 Å². The Morgan fingerprint density at radius 2 is 1.88 bits per heavy atom. The van der Waals surface area contributed by atoms with Crippen LogP contribution in [0, 0.1) is 5.82 Å². The van der Waals surface area contributed by atoms with E-state index >= 15 is 0 Å². The number of benzene rings is 2. The molecule has 0 radical (unpaired) electrons. The number of carbonyl (C=O) groups is 1. The molecule has 0 saturated carbocycles. The van der Waals surface area contributed by atoms with Gasteiger partial charge in [-0.3, -0.25) is 9.00 Å². The molecule has 1 atom stereocenters. The lowest BCUT2D eigenvalue weighted by Crippen LogP contribution is -1.96. The zero-order chi connectivity index (χ0) is 17.3. The summed E-state index contributed by atoms with van der Waals surface area (Å²) in [5, 5.41) is 9.04. The monoisotopic (exact) mass is 342 g/mol. The van der Waals surface area contributed by atoms with Crippen LogP contribution < -0.4 is 0 Å². The number of aliphatic carboxylic acids is 1. The SMILES string of the molecule is CS(=O)c1ccc(/C=C2/C=C(CC(=O)O)c3cc(F)ccc32)cc1. The Labute approximate surface area is 141 Å². The van der Waals surface area contributed by atoms with E-state index in [1.165, 1.54) is 12.1 Å². The molecule has 0 heterocycles. The lowest BCUT2D eigenvalue weighted by atomic mass is 10.0. The van der Waals surface area contributed by atoms with E-state index in [0.29, 0.717) is 11.1 Å². The van der Waals surface area contributed by atoms with Crippen LogP contribution in [0.15, 0.2) is 53.4 Å². The molecule has 1 aliphatic carbocycles. The van der Waals surface area contributed by atoms with Crippen molar-refractivity contribution in [2.45, 2.75) is 11.3 Å². The third kappa shape index (κ3) is 3.36. The van der Waals surface area contributed by atoms with Gasteiger partial charge in [0.15, 0.2) is 0 Å². The fourth-order valence-corrected chi connectivity index (χ4v) is 3.26. The van der Waals surface area contributed by atoms with E-state index in [4.69, 9.17) is 5.11 Å². The second-order valence-electron chi connectivity index (χ2n) is 5.55. The fraction of sp³-hybridized carbons (Fsp3) is 0.105. The molecule has 3 rings (SSSR count). The number of carboxylic acids is 1. The summed E-state index contributed by atoms with van der Waals surface area (Å²) in [5.74, 6) is -1.34. The van der Waals surface area contributed by atoms with Gasteiger partial charge in [0, 0.05) is 22.0 Å². The summed E-state index contributed by atoms with van der Waals surface area (Å²) >= 11 is 0. The Kier molecular flexibility index (Phi) is 4.44. The molecule has 0 fully saturated rings. The van der Waals surface area contributed by atoms with Crippen molar-refractivity contribution in [3.8, 4) is 0 Å². The smallest absolute Gasteiger partial charge is 0.307 e. The quantitative estimate of drug-likeness (QED) is 0.914. The normalized spacial score (nSPS) is 15.9. The minimum atomic E-state index is -1.03. The van der Waals surface area contributed by atoms with Crippen molar-refractivity contribution in [3.63, 3.8) is 0 Å². The number of allylic oxidation sites excluding steroid dienone is 2. The number of carboxylic acid groups (broad SMARTS) is 1. The maximum absolute atomic E-state index is 13.5. The number of fused-ring (bicyclic) bond motifs is 1. The van der Waals surface area contributed by atoms with Crippen LogP contribution in [-0.4, -0.2) is 21.5 Å². The van der Waals surface area contributed by atoms with Crippen LogP contribution in [0.25, 0.3) is 17.2 Å². The number of rotatable bonds is 4. The highest BCUT2D eigenvalue weighted by molar-refractivity contribution is 7.84. The van der Waals surface area contributed by atoms with Crippen LogP contribution in [0.5, 0.6) is 0 Å². The van der Waals surface area contributed by atoms with Gasteiger partial charge in [0.1, 0.15) is 5.82 Å². The predicted octanol–water partition coefficient (Wildman–Crippen LogP) is 3.98. The van der Waals surface area contributed by atoms with Crippen LogP contribution in [0.1, 0.15) is 23.1 Å². The van der Waals surface area contributed by atoms with Gasteiger partial charge in [0.2, 0.25) is 0 Å². The van der Waals surface area contributed by atoms with E-state index in [1.807, 2.05) is 18.2 Å². The van der Waals surface area contributed by atoms with E-state index in [1.54, 1.807) is 30.5 Å². The van der Waals surface area contributed by atoms with Crippen molar-refractivity contribution in [3.05, 3.63) is 71.0 Å². The molecule has 1 unspecified atom stereocenters. The van der Waals surface area contributed by atoms with E-state index in [9.17, 15) is 13.4 Å². The molecule has 1 N–H and O–H groups in total. The molecule has 2 aromatic rings. The highest BCUT2D eigenvalue weighted by Crippen LogP contribution is 2.38. The second kappa shape index (κ2) is 6.53. The summed E-state index contributed by atoms with van der Waals surface area (Å²) in [6.07, 6.45) is 5.16. The first-order chi connectivity index (χ1) is 11.4. The van der Waals surface area contributed by atoms with Gasteiger partial charge in [-0.05, 0) is 64.3 Å². The Balaban J connectivity index is 2.02. The summed E-state index contributed by atoms with van der Waals surface area (Å²) in [6, 6.07) is 11.7. The van der Waals surface area contributed by atoms with Gasteiger partial charge in [0.25, 0.3) is 0 Å². The van der Waals surface area contributed by atoms with Crippen molar-refractivity contribution in [1.82, 2.24) is 0 Å². The second-order valence-corrected chi connectivity index (χ2v) is 6.93. The summed E-state index contributed by atoms with van der Waals surface area (Å²) in [4.78, 5) is 11.8. The molecule has 0 amide bonds. The molecule has 3 nitrogen and oxygen atoms in total. The Hall–Kier alpha value is -2.53. The third-order valence-corrected chi connectivity index (χ3v) is 4.78. The van der Waals surface area contributed by atoms with Crippen LogP contribution in [0.2, 0.25) is 0 Å². The van der Waals surface area contributed by atoms with Crippen LogP contribution in [-0.2, 0) is 15.6 Å². The summed E-state index contributed by atoms with van der Waals surface area (Å²) < 4.78 is 25.0. The Morgan fingerprint density at radius 3 is 2.50 bits per heavy atom. The van der Waals surface area contributed by atoms with Crippen molar-refractivity contribution in [2.75, 3.05) is 6.26 Å². The highest BCUT2D eigenvalue weighted by Gasteiger charge is 2.20. The number of hydrogen-bond donors (Lipinski definition) is 1. The lowest BCUT2D eigenvalue weighted by molar-refractivity contribution is -0.135. The molecule has 122 valence electrons. The van der Waals surface area contributed by atoms with Crippen LogP contribution in [0.4, 0.5) is 4.39 Å². The number of halogens is 1. The lowest BCUT2D eigenvalue weighted by Gasteiger charge is -2.04. The van der Waals surface area contributed by atoms with Crippen LogP contribution >= 0.6 is 0 Å². The van der Waals surface area contributed by atoms with E-state index in [2.05, 4.69) is 0 Å². The number of hydrogen-bond acceptors (Lipinski definition) is 2. The first-order valence-electron chi connectivity index (χ1n) is 7.32. The van der Waals surface area contributed by atoms with Gasteiger partial charge in [-0.15, -0.1) is 0 Å². The molecule has 2 aromatic carbocycles. The average Bonchev–Trinajstić information content (AvgIpc) is 2.84. The molecule has 0 aromatic heterocycles. The molecule has 5 heteroatoms. The van der Waals surface area contributed by atoms with Crippen molar-refractivity contribution >= 4 is 34.0 Å². The van der Waals surface area contributed by atoms with Gasteiger partial charge < -0.3 is 5.11 Å². The zero-order valence-corrected chi connectivity index (χ0v) is 13.8. The van der Waals surface area contributed by atoms with Gasteiger partial charge in [-0.25, -0.2) is 4.39 Å².